The molecule has 2 fully saturated rings. The SMILES string of the molecule is CCN(c1nc(C)cc(N2CCCC2)n1)C1CCS(=O)(=O)C1. The first-order chi connectivity index (χ1) is 10.5. The zero-order valence-electron chi connectivity index (χ0n) is 13.3. The van der Waals surface area contributed by atoms with Crippen molar-refractivity contribution in [1.29, 1.82) is 0 Å². The van der Waals surface area contributed by atoms with E-state index in [2.05, 4.69) is 14.8 Å². The van der Waals surface area contributed by atoms with E-state index in [9.17, 15) is 8.42 Å². The molecule has 3 heterocycles. The molecule has 0 spiro atoms. The Hall–Kier alpha value is -1.37. The molecular formula is C15H24N4O2S. The third kappa shape index (κ3) is 3.19. The molecule has 7 heteroatoms. The first-order valence-electron chi connectivity index (χ1n) is 8.06. The van der Waals surface area contributed by atoms with Crippen molar-refractivity contribution in [2.24, 2.45) is 0 Å². The van der Waals surface area contributed by atoms with Crippen molar-refractivity contribution in [2.45, 2.75) is 39.2 Å². The largest absolute Gasteiger partial charge is 0.356 e. The Morgan fingerprint density at radius 3 is 2.64 bits per heavy atom. The van der Waals surface area contributed by atoms with Crippen LogP contribution in [0.2, 0.25) is 0 Å². The molecule has 0 radical (unpaired) electrons. The van der Waals surface area contributed by atoms with Crippen LogP contribution in [0.4, 0.5) is 11.8 Å². The van der Waals surface area contributed by atoms with Crippen LogP contribution in [0, 0.1) is 6.92 Å². The summed E-state index contributed by atoms with van der Waals surface area (Å²) in [6.45, 7) is 6.82. The van der Waals surface area contributed by atoms with E-state index in [1.54, 1.807) is 0 Å². The molecule has 2 saturated heterocycles. The van der Waals surface area contributed by atoms with Crippen molar-refractivity contribution >= 4 is 21.6 Å². The summed E-state index contributed by atoms with van der Waals surface area (Å²) in [5.41, 5.74) is 0.936. The molecule has 2 aliphatic rings. The Morgan fingerprint density at radius 1 is 1.32 bits per heavy atom. The lowest BCUT2D eigenvalue weighted by atomic mass is 10.2. The van der Waals surface area contributed by atoms with Gasteiger partial charge in [0.2, 0.25) is 5.95 Å². The third-order valence-corrected chi connectivity index (χ3v) is 6.26. The fraction of sp³-hybridized carbons (Fsp3) is 0.733. The number of anilines is 2. The molecule has 0 amide bonds. The molecule has 3 rings (SSSR count). The summed E-state index contributed by atoms with van der Waals surface area (Å²) in [6, 6.07) is 2.02. The minimum Gasteiger partial charge on any atom is -0.356 e. The second-order valence-electron chi connectivity index (χ2n) is 6.20. The smallest absolute Gasteiger partial charge is 0.227 e. The number of hydrogen-bond donors (Lipinski definition) is 0. The van der Waals surface area contributed by atoms with Crippen LogP contribution >= 0.6 is 0 Å². The van der Waals surface area contributed by atoms with E-state index < -0.39 is 9.84 Å². The van der Waals surface area contributed by atoms with Gasteiger partial charge in [-0.25, -0.2) is 13.4 Å². The lowest BCUT2D eigenvalue weighted by Crippen LogP contribution is -2.37. The van der Waals surface area contributed by atoms with Gasteiger partial charge in [-0.05, 0) is 33.1 Å². The first kappa shape index (κ1) is 15.5. The first-order valence-corrected chi connectivity index (χ1v) is 9.88. The van der Waals surface area contributed by atoms with Crippen molar-refractivity contribution in [3.8, 4) is 0 Å². The van der Waals surface area contributed by atoms with Crippen LogP contribution in [0.3, 0.4) is 0 Å². The Labute approximate surface area is 132 Å². The predicted molar refractivity (Wildman–Crippen MR) is 88.3 cm³/mol. The topological polar surface area (TPSA) is 66.4 Å². The van der Waals surface area contributed by atoms with Gasteiger partial charge in [-0.1, -0.05) is 0 Å². The lowest BCUT2D eigenvalue weighted by Gasteiger charge is -2.28. The number of rotatable bonds is 4. The van der Waals surface area contributed by atoms with E-state index in [-0.39, 0.29) is 17.5 Å². The van der Waals surface area contributed by atoms with Crippen LogP contribution < -0.4 is 9.80 Å². The van der Waals surface area contributed by atoms with Gasteiger partial charge in [0.25, 0.3) is 0 Å². The van der Waals surface area contributed by atoms with Gasteiger partial charge in [-0.2, -0.15) is 4.98 Å². The van der Waals surface area contributed by atoms with Crippen LogP contribution in [-0.2, 0) is 9.84 Å². The molecule has 1 aromatic heterocycles. The highest BCUT2D eigenvalue weighted by atomic mass is 32.2. The maximum atomic E-state index is 11.8. The van der Waals surface area contributed by atoms with E-state index in [4.69, 9.17) is 4.98 Å². The Bertz CT molecular complexity index is 641. The van der Waals surface area contributed by atoms with E-state index >= 15 is 0 Å². The van der Waals surface area contributed by atoms with E-state index in [0.29, 0.717) is 12.4 Å². The second-order valence-corrected chi connectivity index (χ2v) is 8.43. The number of aryl methyl sites for hydroxylation is 1. The monoisotopic (exact) mass is 324 g/mol. The summed E-state index contributed by atoms with van der Waals surface area (Å²) in [5.74, 6) is 2.14. The fourth-order valence-corrected chi connectivity index (χ4v) is 5.09. The standard InChI is InChI=1S/C15H24N4O2S/c1-3-19(13-6-9-22(20,21)11-13)15-16-12(2)10-14(17-15)18-7-4-5-8-18/h10,13H,3-9,11H2,1-2H3. The van der Waals surface area contributed by atoms with E-state index in [1.807, 2.05) is 19.9 Å². The third-order valence-electron chi connectivity index (χ3n) is 4.51. The molecule has 0 bridgehead atoms. The van der Waals surface area contributed by atoms with Gasteiger partial charge in [-0.3, -0.25) is 0 Å². The minimum atomic E-state index is -2.90. The summed E-state index contributed by atoms with van der Waals surface area (Å²) in [4.78, 5) is 13.6. The molecule has 0 saturated carbocycles. The molecule has 0 aliphatic carbocycles. The van der Waals surface area contributed by atoms with Crippen molar-refractivity contribution in [3.63, 3.8) is 0 Å². The van der Waals surface area contributed by atoms with Gasteiger partial charge in [-0.15, -0.1) is 0 Å². The Morgan fingerprint density at radius 2 is 2.05 bits per heavy atom. The van der Waals surface area contributed by atoms with Gasteiger partial charge < -0.3 is 9.80 Å². The molecule has 0 aromatic carbocycles. The minimum absolute atomic E-state index is 0.00299. The summed E-state index contributed by atoms with van der Waals surface area (Å²) in [5, 5.41) is 0. The average molecular weight is 324 g/mol. The number of sulfone groups is 1. The highest BCUT2D eigenvalue weighted by molar-refractivity contribution is 7.91. The number of aromatic nitrogens is 2. The summed E-state index contributed by atoms with van der Waals surface area (Å²) in [7, 11) is -2.90. The molecule has 1 atom stereocenters. The van der Waals surface area contributed by atoms with E-state index in [0.717, 1.165) is 31.1 Å². The molecule has 22 heavy (non-hydrogen) atoms. The molecule has 1 unspecified atom stereocenters. The van der Waals surface area contributed by atoms with Crippen molar-refractivity contribution in [1.82, 2.24) is 9.97 Å². The van der Waals surface area contributed by atoms with Gasteiger partial charge >= 0.3 is 0 Å². The maximum absolute atomic E-state index is 11.8. The number of hydrogen-bond acceptors (Lipinski definition) is 6. The number of nitrogens with zero attached hydrogens (tertiary/aromatic N) is 4. The van der Waals surface area contributed by atoms with Crippen LogP contribution in [0.1, 0.15) is 31.9 Å². The summed E-state index contributed by atoms with van der Waals surface area (Å²) in [6.07, 6.45) is 3.08. The van der Waals surface area contributed by atoms with Gasteiger partial charge in [0.05, 0.1) is 11.5 Å². The summed E-state index contributed by atoms with van der Waals surface area (Å²) < 4.78 is 23.5. The van der Waals surface area contributed by atoms with Crippen molar-refractivity contribution < 1.29 is 8.42 Å². The molecular weight excluding hydrogens is 300 g/mol. The fourth-order valence-electron chi connectivity index (χ4n) is 3.36. The molecule has 1 aromatic rings. The second kappa shape index (κ2) is 6.02. The highest BCUT2D eigenvalue weighted by Gasteiger charge is 2.33. The lowest BCUT2D eigenvalue weighted by molar-refractivity contribution is 0.599. The van der Waals surface area contributed by atoms with Crippen LogP contribution in [0.25, 0.3) is 0 Å². The normalized spacial score (nSPS) is 23.9. The van der Waals surface area contributed by atoms with Crippen LogP contribution in [-0.4, -0.2) is 55.6 Å². The van der Waals surface area contributed by atoms with Crippen molar-refractivity contribution in [3.05, 3.63) is 11.8 Å². The van der Waals surface area contributed by atoms with E-state index in [1.165, 1.54) is 12.8 Å². The van der Waals surface area contributed by atoms with Gasteiger partial charge in [0.1, 0.15) is 5.82 Å². The Kier molecular flexibility index (Phi) is 4.25. The van der Waals surface area contributed by atoms with Gasteiger partial charge in [0.15, 0.2) is 9.84 Å². The van der Waals surface area contributed by atoms with Crippen LogP contribution in [0.15, 0.2) is 6.07 Å². The highest BCUT2D eigenvalue weighted by Crippen LogP contribution is 2.25. The predicted octanol–water partition coefficient (Wildman–Crippen LogP) is 1.40. The molecule has 122 valence electrons. The summed E-state index contributed by atoms with van der Waals surface area (Å²) >= 11 is 0. The molecule has 6 nitrogen and oxygen atoms in total. The van der Waals surface area contributed by atoms with Crippen LogP contribution in [0.5, 0.6) is 0 Å². The average Bonchev–Trinajstić information content (AvgIpc) is 3.09. The van der Waals surface area contributed by atoms with Gasteiger partial charge in [0, 0.05) is 37.4 Å². The maximum Gasteiger partial charge on any atom is 0.227 e. The zero-order valence-corrected chi connectivity index (χ0v) is 14.1. The molecule has 2 aliphatic heterocycles. The molecule has 0 N–H and O–H groups in total. The quantitative estimate of drug-likeness (QED) is 0.834. The zero-order chi connectivity index (χ0) is 15.7. The Balaban J connectivity index is 1.88. The van der Waals surface area contributed by atoms with Crippen molar-refractivity contribution in [2.75, 3.05) is 40.9 Å².